The molecule has 0 amide bonds. The highest BCUT2D eigenvalue weighted by Crippen LogP contribution is 2.42. The highest BCUT2D eigenvalue weighted by Gasteiger charge is 2.51. The van der Waals surface area contributed by atoms with Crippen LogP contribution in [0.1, 0.15) is 298 Å². The third-order valence-electron chi connectivity index (χ3n) is 21.9. The lowest BCUT2D eigenvalue weighted by Gasteiger charge is -2.45. The van der Waals surface area contributed by atoms with Crippen LogP contribution in [-0.4, -0.2) is 214 Å². The maximum Gasteiger partial charge on any atom is 0.329 e. The molecule has 0 aromatic carbocycles. The number of allylic oxidation sites excluding steroid dienone is 12. The highest BCUT2D eigenvalue weighted by atomic mass is 31.2. The van der Waals surface area contributed by atoms with Gasteiger partial charge in [0.1, 0.15) is 24.7 Å². The molecule has 3 rings (SSSR count). The van der Waals surface area contributed by atoms with Gasteiger partial charge >= 0.3 is 31.5 Å². The number of hydrogen-bond acceptors (Lipinski definition) is 23. The van der Waals surface area contributed by atoms with E-state index >= 15 is 0 Å². The van der Waals surface area contributed by atoms with E-state index in [1.54, 1.807) is 86.8 Å². The summed E-state index contributed by atoms with van der Waals surface area (Å²) in [6.45, 7) is 9.83. The molecular weight excluding hydrogens is 1490 g/mol. The molecule has 3 aliphatic rings. The number of carbonyl (C=O) groups excluding carboxylic acids is 3. The van der Waals surface area contributed by atoms with E-state index in [9.17, 15) is 84.8 Å². The van der Waals surface area contributed by atoms with E-state index in [1.807, 2.05) is 13.0 Å². The van der Waals surface area contributed by atoms with Crippen molar-refractivity contribution in [1.82, 2.24) is 5.32 Å². The Balaban J connectivity index is 1.77. The Labute approximate surface area is 682 Å². The van der Waals surface area contributed by atoms with Crippen LogP contribution in [0.5, 0.6) is 0 Å². The number of unbranched alkanes of at least 4 members (excludes halogenated alkanes) is 28. The van der Waals surface area contributed by atoms with Gasteiger partial charge in [0.25, 0.3) is 0 Å². The standard InChI is InChI=1S/C88H152NO24P/c1-7-9-11-13-15-17-19-21-23-25-31-35-39-43-47-51-78(96)107-63-73(111-79(97)52-48-44-40-36-32-26-24-22-20-18-16-14-12-10-8-2)64-108-114(105,106)56-55-89-82-84(100)68(6)110-87(85(82)101)112-72-50-46-42-38-34-30-28-27-29-33-37-41-45-49-65(3)83(99)66(4)67(5)109-80(98)59-70(91)57-69(90)53-54-74(93)75(94)58-71(92)61-88(104)62-76(95)81(86(102)103)77(60-72)113-88/h27-30,33-34,37-38,41-42,45-46,49-50,65-77,81-85,87,89-95,99-101,104H,7-26,31-32,35-36,39-40,43-44,47-48,51-64H2,1-6H3,(H,102,103)(H,105,106)/t65-,66-,67-,68+,69+,70+,71-,72-,73+,74+,75+,76-,77-,81+,82-,83+,84+,85-,87-,88+/m0/s1. The lowest BCUT2D eigenvalue weighted by atomic mass is 9.82. The Bertz CT molecular complexity index is 2820. The van der Waals surface area contributed by atoms with Crippen molar-refractivity contribution in [3.05, 3.63) is 85.1 Å². The van der Waals surface area contributed by atoms with Crippen LogP contribution in [0.3, 0.4) is 0 Å². The molecule has 3 heterocycles. The normalized spacial score (nSPS) is 29.9. The van der Waals surface area contributed by atoms with Gasteiger partial charge in [0, 0.05) is 56.9 Å². The minimum absolute atomic E-state index is 0.0970. The molecule has 26 heteroatoms. The van der Waals surface area contributed by atoms with E-state index in [-0.39, 0.29) is 44.6 Å². The number of aliphatic carboxylic acids is 1. The smallest absolute Gasteiger partial charge is 0.329 e. The third kappa shape index (κ3) is 47.4. The number of aliphatic hydroxyl groups excluding tert-OH is 9. The predicted octanol–water partition coefficient (Wildman–Crippen LogP) is 13.5. The summed E-state index contributed by atoms with van der Waals surface area (Å²) >= 11 is 0. The topological polar surface area (TPSA) is 405 Å². The van der Waals surface area contributed by atoms with E-state index < -0.39 is 198 Å². The number of carboxylic acid groups (broad SMARTS) is 1. The Kier molecular flexibility index (Phi) is 56.4. The molecule has 21 atom stereocenters. The van der Waals surface area contributed by atoms with Gasteiger partial charge in [-0.25, -0.2) is 0 Å². The average Bonchev–Trinajstić information content (AvgIpc) is 0.785. The number of aliphatic hydroxyl groups is 10. The van der Waals surface area contributed by atoms with Crippen molar-refractivity contribution in [2.75, 3.05) is 25.9 Å². The molecule has 0 spiro atoms. The van der Waals surface area contributed by atoms with Gasteiger partial charge in [-0.1, -0.05) is 293 Å². The van der Waals surface area contributed by atoms with Crippen molar-refractivity contribution in [2.45, 2.75) is 402 Å². The zero-order valence-electron chi connectivity index (χ0n) is 69.9. The van der Waals surface area contributed by atoms with Gasteiger partial charge in [-0.05, 0) is 46.0 Å². The van der Waals surface area contributed by atoms with Crippen molar-refractivity contribution in [2.24, 2.45) is 17.8 Å². The minimum atomic E-state index is -4.55. The first-order chi connectivity index (χ1) is 54.6. The van der Waals surface area contributed by atoms with Crippen molar-refractivity contribution < 1.29 is 118 Å². The molecule has 2 saturated heterocycles. The van der Waals surface area contributed by atoms with E-state index in [1.165, 1.54) is 141 Å². The SMILES string of the molecule is CCCCCCCCCCCCCCCCCC(=O)OC[C@H](COP(=O)(O)CCN[C@@H]1[C@H](O)[C@H](O[C@H]2C=CC=CC=CC=CC=CC=CC=C[C@H](C)[C@@H](O)[C@@H](C)[C@H](C)OC(=O)C[C@H](O)C[C@H](O)CC[C@@H](O)[C@H](O)C[C@H](O)C[C@]3(O)C[C@H](O)[C@@H](C(=O)O)[C@H](C2)O3)O[C@H](C)[C@H]1O)OC(=O)CCCCCCCCCCCCCCCCC. The molecule has 114 heavy (non-hydrogen) atoms. The van der Waals surface area contributed by atoms with Gasteiger partial charge in [-0.15, -0.1) is 0 Å². The molecule has 2 bridgehead atoms. The molecular formula is C88H152NO24P. The van der Waals surface area contributed by atoms with E-state index in [4.69, 9.17) is 32.9 Å². The van der Waals surface area contributed by atoms with Gasteiger partial charge in [0.15, 0.2) is 18.2 Å². The van der Waals surface area contributed by atoms with Crippen LogP contribution >= 0.6 is 7.60 Å². The van der Waals surface area contributed by atoms with Crippen molar-refractivity contribution in [3.63, 3.8) is 0 Å². The zero-order valence-corrected chi connectivity index (χ0v) is 70.8. The van der Waals surface area contributed by atoms with Crippen LogP contribution in [0.25, 0.3) is 0 Å². The zero-order chi connectivity index (χ0) is 83.9. The molecule has 658 valence electrons. The number of rotatable bonds is 45. The summed E-state index contributed by atoms with van der Waals surface area (Å²) in [5.41, 5.74) is 0. The second-order valence-electron chi connectivity index (χ2n) is 32.3. The minimum Gasteiger partial charge on any atom is -0.481 e. The molecule has 25 nitrogen and oxygen atoms in total. The van der Waals surface area contributed by atoms with Crippen molar-refractivity contribution in [3.8, 4) is 0 Å². The molecule has 13 N–H and O–H groups in total. The Morgan fingerprint density at radius 2 is 1.01 bits per heavy atom. The van der Waals surface area contributed by atoms with E-state index in [0.717, 1.165) is 51.4 Å². The number of fused-ring (bicyclic) bond motifs is 2. The lowest BCUT2D eigenvalue weighted by molar-refractivity contribution is -0.309. The summed E-state index contributed by atoms with van der Waals surface area (Å²) < 4.78 is 54.7. The van der Waals surface area contributed by atoms with Crippen LogP contribution in [0.4, 0.5) is 0 Å². The molecule has 0 aromatic heterocycles. The Morgan fingerprint density at radius 3 is 1.51 bits per heavy atom. The van der Waals surface area contributed by atoms with Crippen LogP contribution in [-0.2, 0) is 56.7 Å². The second-order valence-corrected chi connectivity index (χ2v) is 34.3. The third-order valence-corrected chi connectivity index (χ3v) is 23.2. The monoisotopic (exact) mass is 1640 g/mol. The van der Waals surface area contributed by atoms with E-state index in [0.29, 0.717) is 12.8 Å². The first kappa shape index (κ1) is 104. The summed E-state index contributed by atoms with van der Waals surface area (Å²) in [7, 11) is -4.55. The summed E-state index contributed by atoms with van der Waals surface area (Å²) in [6, 6.07) is -1.29. The molecule has 0 aliphatic carbocycles. The first-order valence-electron chi connectivity index (χ1n) is 43.6. The maximum atomic E-state index is 13.8. The molecule has 2 fully saturated rings. The number of carbonyl (C=O) groups is 4. The van der Waals surface area contributed by atoms with Gasteiger partial charge < -0.3 is 99.3 Å². The van der Waals surface area contributed by atoms with Crippen LogP contribution in [0.2, 0.25) is 0 Å². The summed E-state index contributed by atoms with van der Waals surface area (Å²) in [5, 5.41) is 126. The van der Waals surface area contributed by atoms with Gasteiger partial charge in [-0.2, -0.15) is 0 Å². The first-order valence-corrected chi connectivity index (χ1v) is 45.3. The molecule has 0 saturated carbocycles. The van der Waals surface area contributed by atoms with Crippen LogP contribution in [0.15, 0.2) is 85.1 Å². The van der Waals surface area contributed by atoms with Gasteiger partial charge in [-0.3, -0.25) is 23.7 Å². The fourth-order valence-corrected chi connectivity index (χ4v) is 15.7. The van der Waals surface area contributed by atoms with Gasteiger partial charge in [0.05, 0.1) is 92.4 Å². The van der Waals surface area contributed by atoms with E-state index in [2.05, 4.69) is 19.2 Å². The summed E-state index contributed by atoms with van der Waals surface area (Å²) in [5.74, 6) is -8.27. The predicted molar refractivity (Wildman–Crippen MR) is 441 cm³/mol. The largest absolute Gasteiger partial charge is 0.481 e. The number of esters is 3. The number of ether oxygens (including phenoxy) is 6. The second kappa shape index (κ2) is 61.9. The molecule has 0 aromatic rings. The molecule has 3 aliphatic heterocycles. The number of hydrogen-bond donors (Lipinski definition) is 13. The number of nitrogens with one attached hydrogen (secondary N) is 1. The van der Waals surface area contributed by atoms with Crippen LogP contribution < -0.4 is 5.32 Å². The summed E-state index contributed by atoms with van der Waals surface area (Å²) in [6.07, 6.45) is 34.5. The Hall–Kier alpha value is -4.35. The fourth-order valence-electron chi connectivity index (χ4n) is 14.7. The summed E-state index contributed by atoms with van der Waals surface area (Å²) in [4.78, 5) is 63.3. The molecule has 0 radical (unpaired) electrons. The van der Waals surface area contributed by atoms with Crippen molar-refractivity contribution >= 4 is 31.5 Å². The quantitative estimate of drug-likeness (QED) is 0.0117. The number of cyclic esters (lactones) is 1. The fraction of sp³-hybridized carbons (Fsp3) is 0.795. The number of carboxylic acids is 1. The Morgan fingerprint density at radius 1 is 0.535 bits per heavy atom. The molecule has 1 unspecified atom stereocenters. The average molecular weight is 1640 g/mol. The van der Waals surface area contributed by atoms with Crippen molar-refractivity contribution in [1.29, 1.82) is 0 Å². The lowest BCUT2D eigenvalue weighted by Crippen LogP contribution is -2.63. The maximum absolute atomic E-state index is 13.8. The highest BCUT2D eigenvalue weighted by molar-refractivity contribution is 7.52. The van der Waals surface area contributed by atoms with Crippen LogP contribution in [0, 0.1) is 17.8 Å². The van der Waals surface area contributed by atoms with Gasteiger partial charge in [0.2, 0.25) is 0 Å².